The van der Waals surface area contributed by atoms with Crippen LogP contribution in [0.2, 0.25) is 10.0 Å². The van der Waals surface area contributed by atoms with Crippen molar-refractivity contribution >= 4 is 29.1 Å². The van der Waals surface area contributed by atoms with Crippen molar-refractivity contribution in [3.63, 3.8) is 0 Å². The highest BCUT2D eigenvalue weighted by atomic mass is 35.5. The van der Waals surface area contributed by atoms with E-state index in [0.29, 0.717) is 41.1 Å². The summed E-state index contributed by atoms with van der Waals surface area (Å²) in [5, 5.41) is 1.11. The number of halogens is 2. The number of morpholine rings is 1. The monoisotopic (exact) mass is 353 g/mol. The third-order valence-electron chi connectivity index (χ3n) is 3.88. The molecule has 122 valence electrons. The fraction of sp³-hybridized carbons (Fsp3) is 0.353. The van der Waals surface area contributed by atoms with Gasteiger partial charge in [-0.3, -0.25) is 4.79 Å². The molecule has 6 heteroatoms. The van der Waals surface area contributed by atoms with E-state index in [4.69, 9.17) is 32.4 Å². The Morgan fingerprint density at radius 2 is 1.87 bits per heavy atom. The number of rotatable bonds is 2. The van der Waals surface area contributed by atoms with Crippen LogP contribution in [0.3, 0.4) is 0 Å². The normalized spacial score (nSPS) is 18.3. The van der Waals surface area contributed by atoms with Crippen LogP contribution in [0, 0.1) is 13.8 Å². The average molecular weight is 354 g/mol. The minimum absolute atomic E-state index is 0.0409. The van der Waals surface area contributed by atoms with Crippen molar-refractivity contribution in [3.05, 3.63) is 57.0 Å². The molecule has 2 aromatic rings. The van der Waals surface area contributed by atoms with Gasteiger partial charge in [-0.25, -0.2) is 0 Å². The number of nitrogens with zero attached hydrogens (tertiary/aromatic N) is 1. The van der Waals surface area contributed by atoms with Gasteiger partial charge < -0.3 is 14.1 Å². The molecule has 4 nitrogen and oxygen atoms in total. The van der Waals surface area contributed by atoms with Crippen molar-refractivity contribution < 1.29 is 13.9 Å². The Bertz CT molecular complexity index is 721. The molecule has 23 heavy (non-hydrogen) atoms. The van der Waals surface area contributed by atoms with Crippen LogP contribution < -0.4 is 0 Å². The highest BCUT2D eigenvalue weighted by Crippen LogP contribution is 2.29. The molecule has 1 atom stereocenters. The van der Waals surface area contributed by atoms with Gasteiger partial charge in [0.2, 0.25) is 0 Å². The summed E-state index contributed by atoms with van der Waals surface area (Å²) in [7, 11) is 0. The number of ether oxygens (including phenoxy) is 1. The quantitative estimate of drug-likeness (QED) is 0.802. The number of aryl methyl sites for hydroxylation is 2. The molecule has 0 bridgehead atoms. The Morgan fingerprint density at radius 3 is 2.48 bits per heavy atom. The Balaban J connectivity index is 1.80. The van der Waals surface area contributed by atoms with E-state index in [9.17, 15) is 4.79 Å². The molecule has 1 amide bonds. The molecule has 1 saturated heterocycles. The second-order valence-electron chi connectivity index (χ2n) is 5.64. The first-order valence-corrected chi connectivity index (χ1v) is 8.13. The van der Waals surface area contributed by atoms with E-state index >= 15 is 0 Å². The lowest BCUT2D eigenvalue weighted by Gasteiger charge is -2.33. The minimum Gasteiger partial charge on any atom is -0.466 e. The number of furan rings is 1. The number of hydrogen-bond acceptors (Lipinski definition) is 3. The Morgan fingerprint density at radius 1 is 1.17 bits per heavy atom. The van der Waals surface area contributed by atoms with Gasteiger partial charge in [-0.15, -0.1) is 0 Å². The summed E-state index contributed by atoms with van der Waals surface area (Å²) in [6.45, 7) is 5.11. The van der Waals surface area contributed by atoms with Gasteiger partial charge in [-0.2, -0.15) is 0 Å². The third kappa shape index (κ3) is 3.55. The van der Waals surface area contributed by atoms with Gasteiger partial charge in [0.25, 0.3) is 5.91 Å². The predicted molar refractivity (Wildman–Crippen MR) is 89.2 cm³/mol. The fourth-order valence-corrected chi connectivity index (χ4v) is 3.35. The van der Waals surface area contributed by atoms with E-state index in [1.165, 1.54) is 0 Å². The lowest BCUT2D eigenvalue weighted by molar-refractivity contribution is -0.0228. The minimum atomic E-state index is -0.239. The van der Waals surface area contributed by atoms with Gasteiger partial charge in [-0.05, 0) is 43.7 Å². The lowest BCUT2D eigenvalue weighted by Crippen LogP contribution is -2.42. The van der Waals surface area contributed by atoms with Crippen LogP contribution in [0.1, 0.15) is 33.5 Å². The van der Waals surface area contributed by atoms with Crippen LogP contribution in [0.25, 0.3) is 0 Å². The van der Waals surface area contributed by atoms with Gasteiger partial charge in [0.1, 0.15) is 17.6 Å². The van der Waals surface area contributed by atoms with E-state index in [-0.39, 0.29) is 12.0 Å². The first-order chi connectivity index (χ1) is 10.9. The summed E-state index contributed by atoms with van der Waals surface area (Å²) < 4.78 is 11.2. The largest absolute Gasteiger partial charge is 0.466 e. The Kier molecular flexibility index (Phi) is 4.67. The van der Waals surface area contributed by atoms with Crippen LogP contribution in [-0.2, 0) is 4.74 Å². The van der Waals surface area contributed by atoms with Gasteiger partial charge in [0, 0.05) is 16.6 Å². The summed E-state index contributed by atoms with van der Waals surface area (Å²) >= 11 is 12.1. The molecule has 0 aliphatic carbocycles. The Labute approximate surface area is 144 Å². The van der Waals surface area contributed by atoms with Crippen LogP contribution in [-0.4, -0.2) is 30.5 Å². The maximum atomic E-state index is 12.7. The van der Waals surface area contributed by atoms with E-state index in [1.807, 2.05) is 19.1 Å². The number of carbonyl (C=O) groups excluding carboxylic acids is 1. The first-order valence-electron chi connectivity index (χ1n) is 7.38. The zero-order valence-electron chi connectivity index (χ0n) is 12.9. The summed E-state index contributed by atoms with van der Waals surface area (Å²) in [4.78, 5) is 14.5. The lowest BCUT2D eigenvalue weighted by atomic mass is 10.1. The summed E-state index contributed by atoms with van der Waals surface area (Å²) in [6.07, 6.45) is -0.239. The second-order valence-corrected chi connectivity index (χ2v) is 6.51. The SMILES string of the molecule is Cc1cc(C(=O)N2CCOC(c3cc(Cl)cc(Cl)c3)C2)c(C)o1. The van der Waals surface area contributed by atoms with Crippen molar-refractivity contribution in [1.82, 2.24) is 4.90 Å². The van der Waals surface area contributed by atoms with E-state index in [2.05, 4.69) is 0 Å². The van der Waals surface area contributed by atoms with E-state index in [0.717, 1.165) is 11.3 Å². The van der Waals surface area contributed by atoms with Crippen LogP contribution in [0.4, 0.5) is 0 Å². The molecule has 1 unspecified atom stereocenters. The zero-order chi connectivity index (χ0) is 16.6. The number of amides is 1. The predicted octanol–water partition coefficient (Wildman–Crippen LogP) is 4.42. The number of carbonyl (C=O) groups is 1. The number of hydrogen-bond donors (Lipinski definition) is 0. The van der Waals surface area contributed by atoms with E-state index in [1.54, 1.807) is 24.0 Å². The van der Waals surface area contributed by atoms with E-state index < -0.39 is 0 Å². The summed E-state index contributed by atoms with van der Waals surface area (Å²) in [5.41, 5.74) is 1.48. The van der Waals surface area contributed by atoms with Crippen molar-refractivity contribution in [2.45, 2.75) is 20.0 Å². The molecule has 1 fully saturated rings. The third-order valence-corrected chi connectivity index (χ3v) is 4.32. The molecule has 1 aromatic carbocycles. The van der Waals surface area contributed by atoms with Crippen LogP contribution in [0.5, 0.6) is 0 Å². The van der Waals surface area contributed by atoms with Crippen molar-refractivity contribution in [2.24, 2.45) is 0 Å². The van der Waals surface area contributed by atoms with Crippen molar-refractivity contribution in [1.29, 1.82) is 0 Å². The fourth-order valence-electron chi connectivity index (χ4n) is 2.81. The van der Waals surface area contributed by atoms with Crippen molar-refractivity contribution in [2.75, 3.05) is 19.7 Å². The highest BCUT2D eigenvalue weighted by molar-refractivity contribution is 6.34. The second kappa shape index (κ2) is 6.56. The molecular weight excluding hydrogens is 337 g/mol. The molecule has 1 aliphatic heterocycles. The zero-order valence-corrected chi connectivity index (χ0v) is 14.4. The van der Waals surface area contributed by atoms with Gasteiger partial charge in [0.05, 0.1) is 18.7 Å². The molecule has 0 saturated carbocycles. The van der Waals surface area contributed by atoms with Gasteiger partial charge >= 0.3 is 0 Å². The molecule has 3 rings (SSSR count). The molecule has 1 aliphatic rings. The van der Waals surface area contributed by atoms with Gasteiger partial charge in [-0.1, -0.05) is 23.2 Å². The molecule has 0 spiro atoms. The maximum absolute atomic E-state index is 12.7. The Hall–Kier alpha value is -1.49. The smallest absolute Gasteiger partial charge is 0.257 e. The van der Waals surface area contributed by atoms with Crippen molar-refractivity contribution in [3.8, 4) is 0 Å². The molecule has 0 radical (unpaired) electrons. The van der Waals surface area contributed by atoms with Crippen LogP contribution >= 0.6 is 23.2 Å². The highest BCUT2D eigenvalue weighted by Gasteiger charge is 2.28. The topological polar surface area (TPSA) is 42.7 Å². The molecule has 2 heterocycles. The molecule has 1 aromatic heterocycles. The summed E-state index contributed by atoms with van der Waals surface area (Å²) in [6, 6.07) is 7.09. The molecular formula is C17H17Cl2NO3. The average Bonchev–Trinajstić information content (AvgIpc) is 2.84. The van der Waals surface area contributed by atoms with Crippen LogP contribution in [0.15, 0.2) is 28.7 Å². The standard InChI is InChI=1S/C17H17Cl2NO3/c1-10-5-15(11(2)23-10)17(21)20-3-4-22-16(9-20)12-6-13(18)8-14(19)7-12/h5-8,16H,3-4,9H2,1-2H3. The maximum Gasteiger partial charge on any atom is 0.257 e. The first kappa shape index (κ1) is 16.4. The summed E-state index contributed by atoms with van der Waals surface area (Å²) in [5.74, 6) is 1.33. The van der Waals surface area contributed by atoms with Gasteiger partial charge in [0.15, 0.2) is 0 Å². The number of benzene rings is 1. The molecule has 0 N–H and O–H groups in total.